The maximum absolute atomic E-state index is 13.7. The minimum Gasteiger partial charge on any atom is -0.329 e. The third-order valence-electron chi connectivity index (χ3n) is 8.55. The largest absolute Gasteiger partial charge is 0.460 e. The van der Waals surface area contributed by atoms with Crippen LogP contribution in [0.15, 0.2) is 33.6 Å². The number of piperidine rings is 1. The Kier molecular flexibility index (Phi) is 8.23. The Labute approximate surface area is 221 Å². The number of hydrogen-bond donors (Lipinski definition) is 3. The first-order chi connectivity index (χ1) is 18.4. The molecule has 2 aromatic rings. The minimum absolute atomic E-state index is 0.0185. The first kappa shape index (κ1) is 26.6. The van der Waals surface area contributed by atoms with E-state index in [0.717, 1.165) is 45.2 Å². The summed E-state index contributed by atoms with van der Waals surface area (Å²) in [6, 6.07) is 5.91. The van der Waals surface area contributed by atoms with Gasteiger partial charge < -0.3 is 20.5 Å². The number of nitrogens with one attached hydrogen (secondary N) is 2. The summed E-state index contributed by atoms with van der Waals surface area (Å²) in [6.45, 7) is 1.90. The van der Waals surface area contributed by atoms with Crippen molar-refractivity contribution in [3.63, 3.8) is 0 Å². The molecule has 1 aliphatic carbocycles. The van der Waals surface area contributed by atoms with Gasteiger partial charge in [0.1, 0.15) is 12.7 Å². The van der Waals surface area contributed by atoms with Crippen molar-refractivity contribution in [2.75, 3.05) is 31.6 Å². The van der Waals surface area contributed by atoms with Crippen LogP contribution < -0.4 is 16.8 Å². The van der Waals surface area contributed by atoms with E-state index in [1.807, 2.05) is 0 Å². The summed E-state index contributed by atoms with van der Waals surface area (Å²) < 4.78 is 17.7. The lowest BCUT2D eigenvalue weighted by Gasteiger charge is -2.38. The summed E-state index contributed by atoms with van der Waals surface area (Å²) in [5.74, 6) is -0.596. The van der Waals surface area contributed by atoms with Crippen LogP contribution in [0, 0.1) is 11.8 Å². The normalized spacial score (nSPS) is 27.3. The molecule has 3 aliphatic rings. The van der Waals surface area contributed by atoms with Crippen molar-refractivity contribution in [3.05, 3.63) is 34.8 Å². The van der Waals surface area contributed by atoms with Crippen LogP contribution in [0.5, 0.6) is 0 Å². The van der Waals surface area contributed by atoms with E-state index in [9.17, 15) is 18.8 Å². The first-order valence-electron chi connectivity index (χ1n) is 13.8. The second kappa shape index (κ2) is 11.8. The van der Waals surface area contributed by atoms with Gasteiger partial charge in [0.05, 0.1) is 0 Å². The third-order valence-corrected chi connectivity index (χ3v) is 8.55. The molecule has 4 N–H and O–H groups in total. The zero-order valence-electron chi connectivity index (χ0n) is 21.6. The molecule has 3 fully saturated rings. The van der Waals surface area contributed by atoms with Crippen LogP contribution >= 0.6 is 0 Å². The Morgan fingerprint density at radius 2 is 1.79 bits per heavy atom. The number of amides is 2. The van der Waals surface area contributed by atoms with Crippen molar-refractivity contribution in [1.29, 1.82) is 0 Å². The number of aromatic amines is 1. The molecule has 2 saturated heterocycles. The molecule has 0 spiro atoms. The van der Waals surface area contributed by atoms with E-state index in [1.54, 1.807) is 29.2 Å². The number of carbonyl (C=O) groups is 2. The number of benzene rings is 1. The Hall–Kier alpha value is -3.05. The van der Waals surface area contributed by atoms with Crippen molar-refractivity contribution < 1.29 is 18.5 Å². The second-order valence-electron chi connectivity index (χ2n) is 10.9. The molecule has 0 unspecified atom stereocenters. The maximum Gasteiger partial charge on any atom is 0.460 e. The average molecular weight is 529 g/mol. The molecule has 1 saturated carbocycles. The molecule has 2 aliphatic heterocycles. The van der Waals surface area contributed by atoms with Gasteiger partial charge >= 0.3 is 5.76 Å². The first-order valence-corrected chi connectivity index (χ1v) is 13.8. The fourth-order valence-electron chi connectivity index (χ4n) is 6.41. The van der Waals surface area contributed by atoms with Crippen LogP contribution in [-0.2, 0) is 9.59 Å². The van der Waals surface area contributed by atoms with Crippen molar-refractivity contribution >= 4 is 17.5 Å². The number of likely N-dealkylation sites (tertiary alicyclic amines) is 2. The summed E-state index contributed by atoms with van der Waals surface area (Å²) >= 11 is 0. The molecule has 2 amide bonds. The molecule has 10 nitrogen and oxygen atoms in total. The van der Waals surface area contributed by atoms with Crippen LogP contribution in [0.4, 0.5) is 10.1 Å². The maximum atomic E-state index is 13.7. The lowest BCUT2D eigenvalue weighted by Crippen LogP contribution is -2.55. The predicted molar refractivity (Wildman–Crippen MR) is 140 cm³/mol. The van der Waals surface area contributed by atoms with Crippen molar-refractivity contribution in [3.8, 4) is 11.4 Å². The molecule has 1 aromatic carbocycles. The molecule has 5 rings (SSSR count). The molecular weight excluding hydrogens is 491 g/mol. The number of alkyl halides is 1. The SMILES string of the molecule is N[C@H](CF)[C@H]1CC[C@H](C(=O)N2CC[C@@H](N3CCCCC3)[C@H]2C(=O)Nc2ccc(-c3nc(=O)o[nH]3)cc2)CC1. The van der Waals surface area contributed by atoms with Crippen molar-refractivity contribution in [2.24, 2.45) is 17.6 Å². The number of nitrogens with zero attached hydrogens (tertiary/aromatic N) is 3. The third kappa shape index (κ3) is 5.68. The van der Waals surface area contributed by atoms with Gasteiger partial charge in [0.25, 0.3) is 0 Å². The van der Waals surface area contributed by atoms with Crippen LogP contribution in [-0.4, -0.2) is 76.2 Å². The molecule has 3 atom stereocenters. The van der Waals surface area contributed by atoms with Gasteiger partial charge in [-0.15, -0.1) is 0 Å². The Morgan fingerprint density at radius 3 is 2.42 bits per heavy atom. The smallest absolute Gasteiger partial charge is 0.329 e. The summed E-state index contributed by atoms with van der Waals surface area (Å²) in [5, 5.41) is 5.49. The topological polar surface area (TPSA) is 138 Å². The van der Waals surface area contributed by atoms with E-state index in [4.69, 9.17) is 5.73 Å². The molecular formula is C27H37FN6O4. The quantitative estimate of drug-likeness (QED) is 0.502. The van der Waals surface area contributed by atoms with E-state index < -0.39 is 24.5 Å². The van der Waals surface area contributed by atoms with Gasteiger partial charge in [-0.25, -0.2) is 9.18 Å². The molecule has 38 heavy (non-hydrogen) atoms. The fourth-order valence-corrected chi connectivity index (χ4v) is 6.41. The number of nitrogens with two attached hydrogens (primary N) is 1. The van der Waals surface area contributed by atoms with Gasteiger partial charge in [0.15, 0.2) is 5.82 Å². The summed E-state index contributed by atoms with van der Waals surface area (Å²) in [6.07, 6.45) is 7.01. The zero-order valence-corrected chi connectivity index (χ0v) is 21.6. The Bertz CT molecular complexity index is 1150. The van der Waals surface area contributed by atoms with E-state index in [1.165, 1.54) is 6.42 Å². The molecule has 0 radical (unpaired) electrons. The number of anilines is 1. The summed E-state index contributed by atoms with van der Waals surface area (Å²) in [4.78, 5) is 46.6. The minimum atomic E-state index is -0.703. The van der Waals surface area contributed by atoms with E-state index in [2.05, 4.69) is 24.9 Å². The van der Waals surface area contributed by atoms with Crippen LogP contribution in [0.3, 0.4) is 0 Å². The van der Waals surface area contributed by atoms with Gasteiger partial charge in [-0.05, 0) is 88.2 Å². The monoisotopic (exact) mass is 528 g/mol. The van der Waals surface area contributed by atoms with Crippen LogP contribution in [0.1, 0.15) is 51.4 Å². The number of hydrogen-bond acceptors (Lipinski definition) is 7. The number of aromatic nitrogens is 2. The van der Waals surface area contributed by atoms with Gasteiger partial charge in [0.2, 0.25) is 11.8 Å². The number of rotatable bonds is 7. The van der Waals surface area contributed by atoms with E-state index in [-0.39, 0.29) is 29.7 Å². The van der Waals surface area contributed by atoms with Gasteiger partial charge in [0, 0.05) is 35.8 Å². The van der Waals surface area contributed by atoms with Crippen LogP contribution in [0.25, 0.3) is 11.4 Å². The standard InChI is InChI=1S/C27H37FN6O4/c28-16-21(29)17-4-6-19(7-5-17)26(36)34-15-12-22(33-13-2-1-3-14-33)23(34)25(35)30-20-10-8-18(9-11-20)24-31-27(37)38-32-24/h8-11,17,19,21-23H,1-7,12-16,29H2,(H,30,35)(H,31,32,37)/t17-,19-,21-,22-,23+/m1/s1. The van der Waals surface area contributed by atoms with Gasteiger partial charge in [-0.3, -0.25) is 14.5 Å². The Morgan fingerprint density at radius 1 is 1.08 bits per heavy atom. The molecule has 11 heteroatoms. The predicted octanol–water partition coefficient (Wildman–Crippen LogP) is 2.53. The van der Waals surface area contributed by atoms with Crippen molar-refractivity contribution in [1.82, 2.24) is 19.9 Å². The lowest BCUT2D eigenvalue weighted by atomic mass is 9.78. The van der Waals surface area contributed by atoms with Crippen molar-refractivity contribution in [2.45, 2.75) is 69.5 Å². The van der Waals surface area contributed by atoms with Gasteiger partial charge in [-0.1, -0.05) is 6.42 Å². The van der Waals surface area contributed by atoms with E-state index in [0.29, 0.717) is 36.5 Å². The number of H-pyrrole nitrogens is 1. The molecule has 0 bridgehead atoms. The van der Waals surface area contributed by atoms with Gasteiger partial charge in [-0.2, -0.15) is 10.1 Å². The highest BCUT2D eigenvalue weighted by Crippen LogP contribution is 2.35. The Balaban J connectivity index is 1.30. The number of halogens is 1. The summed E-state index contributed by atoms with van der Waals surface area (Å²) in [5.41, 5.74) is 7.17. The highest BCUT2D eigenvalue weighted by molar-refractivity contribution is 5.98. The molecule has 3 heterocycles. The zero-order chi connectivity index (χ0) is 26.6. The van der Waals surface area contributed by atoms with E-state index >= 15 is 0 Å². The highest BCUT2D eigenvalue weighted by Gasteiger charge is 2.46. The molecule has 206 valence electrons. The highest BCUT2D eigenvalue weighted by atomic mass is 19.1. The van der Waals surface area contributed by atoms with Crippen LogP contribution in [0.2, 0.25) is 0 Å². The summed E-state index contributed by atoms with van der Waals surface area (Å²) in [7, 11) is 0. The molecule has 1 aromatic heterocycles. The average Bonchev–Trinajstić information content (AvgIpc) is 3.60. The lowest BCUT2D eigenvalue weighted by molar-refractivity contribution is -0.142. The second-order valence-corrected chi connectivity index (χ2v) is 10.9. The number of carbonyl (C=O) groups excluding carboxylic acids is 2. The fraction of sp³-hybridized carbons (Fsp3) is 0.630.